The summed E-state index contributed by atoms with van der Waals surface area (Å²) in [6.07, 6.45) is 5.23. The zero-order chi connectivity index (χ0) is 14.5. The van der Waals surface area contributed by atoms with Gasteiger partial charge >= 0.3 is 0 Å². The summed E-state index contributed by atoms with van der Waals surface area (Å²) in [4.78, 5) is 2.77. The van der Waals surface area contributed by atoms with Crippen LogP contribution in [0.5, 0.6) is 0 Å². The Morgan fingerprint density at radius 2 is 1.95 bits per heavy atom. The maximum absolute atomic E-state index is 3.81. The molecule has 4 fully saturated rings. The highest BCUT2D eigenvalue weighted by Gasteiger charge is 2.53. The van der Waals surface area contributed by atoms with Crippen molar-refractivity contribution < 1.29 is 0 Å². The van der Waals surface area contributed by atoms with Gasteiger partial charge < -0.3 is 26.2 Å². The van der Waals surface area contributed by atoms with E-state index in [1.807, 2.05) is 0 Å². The second-order valence-corrected chi connectivity index (χ2v) is 7.80. The topological polar surface area (TPSA) is 51.4 Å². The first-order valence-corrected chi connectivity index (χ1v) is 9.27. The number of fused-ring (bicyclic) bond motifs is 2. The van der Waals surface area contributed by atoms with E-state index in [0.29, 0.717) is 12.1 Å². The molecule has 4 aliphatic heterocycles. The molecule has 122 valence electrons. The van der Waals surface area contributed by atoms with E-state index in [4.69, 9.17) is 0 Å². The predicted molar refractivity (Wildman–Crippen MR) is 87.6 cm³/mol. The molecule has 5 nitrogen and oxygen atoms in total. The molecule has 1 saturated carbocycles. The van der Waals surface area contributed by atoms with Crippen LogP contribution < -0.4 is 21.3 Å². The number of rotatable bonds is 2. The Hall–Kier alpha value is -0.620. The van der Waals surface area contributed by atoms with Crippen molar-refractivity contribution >= 4 is 0 Å². The second kappa shape index (κ2) is 5.48. The van der Waals surface area contributed by atoms with Gasteiger partial charge in [0.15, 0.2) is 0 Å². The number of hydrogen-bond donors (Lipinski definition) is 4. The Labute approximate surface area is 133 Å². The van der Waals surface area contributed by atoms with Crippen molar-refractivity contribution in [1.29, 1.82) is 0 Å². The minimum absolute atomic E-state index is 0.637. The third kappa shape index (κ3) is 2.21. The Morgan fingerprint density at radius 3 is 2.95 bits per heavy atom. The third-order valence-corrected chi connectivity index (χ3v) is 6.62. The second-order valence-electron chi connectivity index (χ2n) is 7.80. The number of nitrogens with one attached hydrogen (secondary N) is 4. The highest BCUT2D eigenvalue weighted by molar-refractivity contribution is 5.20. The Balaban J connectivity index is 1.29. The number of hydrogen-bond acceptors (Lipinski definition) is 5. The van der Waals surface area contributed by atoms with Crippen molar-refractivity contribution in [3.63, 3.8) is 0 Å². The van der Waals surface area contributed by atoms with Gasteiger partial charge in [0.1, 0.15) is 0 Å². The van der Waals surface area contributed by atoms with Crippen molar-refractivity contribution in [1.82, 2.24) is 26.2 Å². The predicted octanol–water partition coefficient (Wildman–Crippen LogP) is -0.667. The summed E-state index contributed by atoms with van der Waals surface area (Å²) in [5.41, 5.74) is 1.67. The van der Waals surface area contributed by atoms with E-state index in [2.05, 4.69) is 32.2 Å². The molecule has 0 aromatic rings. The van der Waals surface area contributed by atoms with Gasteiger partial charge in [0.25, 0.3) is 0 Å². The quantitative estimate of drug-likeness (QED) is 0.545. The Kier molecular flexibility index (Phi) is 3.43. The van der Waals surface area contributed by atoms with E-state index in [0.717, 1.165) is 50.0 Å². The number of nitrogens with zero attached hydrogens (tertiary/aromatic N) is 1. The lowest BCUT2D eigenvalue weighted by molar-refractivity contribution is 0.166. The summed E-state index contributed by atoms with van der Waals surface area (Å²) < 4.78 is 0. The number of piperazine rings is 1. The van der Waals surface area contributed by atoms with Gasteiger partial charge in [-0.15, -0.1) is 0 Å². The van der Waals surface area contributed by atoms with Crippen LogP contribution in [0.15, 0.2) is 11.8 Å². The molecule has 0 aromatic heterocycles. The summed E-state index contributed by atoms with van der Waals surface area (Å²) in [6, 6.07) is 2.15. The van der Waals surface area contributed by atoms with Crippen LogP contribution >= 0.6 is 0 Å². The van der Waals surface area contributed by atoms with Crippen LogP contribution in [0.25, 0.3) is 0 Å². The van der Waals surface area contributed by atoms with Gasteiger partial charge in [-0.25, -0.2) is 0 Å². The first-order valence-electron chi connectivity index (χ1n) is 9.27. The molecule has 5 heteroatoms. The lowest BCUT2D eigenvalue weighted by Crippen LogP contribution is -2.67. The average Bonchev–Trinajstić information content (AvgIpc) is 3.25. The molecule has 22 heavy (non-hydrogen) atoms. The first kappa shape index (κ1) is 13.8. The van der Waals surface area contributed by atoms with Crippen LogP contribution in [0.3, 0.4) is 0 Å². The molecule has 3 saturated heterocycles. The summed E-state index contributed by atoms with van der Waals surface area (Å²) in [6.45, 7) is 8.15. The molecule has 0 amide bonds. The maximum Gasteiger partial charge on any atom is 0.0350 e. The molecule has 5 rings (SSSR count). The van der Waals surface area contributed by atoms with Gasteiger partial charge in [-0.05, 0) is 31.2 Å². The van der Waals surface area contributed by atoms with Crippen LogP contribution in [-0.2, 0) is 0 Å². The first-order chi connectivity index (χ1) is 10.9. The molecule has 4 N–H and O–H groups in total. The van der Waals surface area contributed by atoms with E-state index >= 15 is 0 Å². The Morgan fingerprint density at radius 1 is 1.00 bits per heavy atom. The van der Waals surface area contributed by atoms with Gasteiger partial charge in [-0.2, -0.15) is 0 Å². The maximum atomic E-state index is 3.81. The van der Waals surface area contributed by atoms with E-state index in [1.165, 1.54) is 32.5 Å². The van der Waals surface area contributed by atoms with E-state index < -0.39 is 0 Å². The fourth-order valence-electron chi connectivity index (χ4n) is 5.47. The minimum Gasteiger partial charge on any atom is -0.371 e. The van der Waals surface area contributed by atoms with Crippen molar-refractivity contribution in [3.05, 3.63) is 11.8 Å². The minimum atomic E-state index is 0.637. The highest BCUT2D eigenvalue weighted by Crippen LogP contribution is 2.48. The lowest BCUT2D eigenvalue weighted by atomic mass is 9.84. The molecule has 0 spiro atoms. The van der Waals surface area contributed by atoms with Gasteiger partial charge in [0.2, 0.25) is 0 Å². The smallest absolute Gasteiger partial charge is 0.0350 e. The molecule has 0 bridgehead atoms. The molecule has 1 aliphatic carbocycles. The monoisotopic (exact) mass is 303 g/mol. The fourth-order valence-corrected chi connectivity index (χ4v) is 5.47. The standard InChI is InChI=1S/C17H29N5/c1-3-18-8-11-2-6-22(15(1)11)16-7-12(16)13-9-19-10-14-17(13)21-5-4-20-14/h1,11-14,16-21H,2-10H2. The number of piperidine rings is 1. The molecular weight excluding hydrogens is 274 g/mol. The van der Waals surface area contributed by atoms with Crippen LogP contribution in [-0.4, -0.2) is 68.8 Å². The van der Waals surface area contributed by atoms with Crippen LogP contribution in [0.1, 0.15) is 12.8 Å². The molecule has 6 unspecified atom stereocenters. The van der Waals surface area contributed by atoms with Gasteiger partial charge in [0, 0.05) is 69.0 Å². The molecule has 5 aliphatic rings. The normalized spacial score (nSPS) is 47.6. The highest BCUT2D eigenvalue weighted by atomic mass is 15.2. The zero-order valence-corrected chi connectivity index (χ0v) is 13.4. The van der Waals surface area contributed by atoms with Crippen LogP contribution in [0.4, 0.5) is 0 Å². The van der Waals surface area contributed by atoms with Crippen molar-refractivity contribution in [2.75, 3.05) is 45.8 Å². The Bertz CT molecular complexity index is 462. The van der Waals surface area contributed by atoms with Crippen LogP contribution in [0.2, 0.25) is 0 Å². The SMILES string of the molecule is C1=C2C(CCN2C2CC2C2CNCC3NCCNC32)CNC1. The zero-order valence-electron chi connectivity index (χ0n) is 13.4. The lowest BCUT2D eigenvalue weighted by Gasteiger charge is -2.43. The van der Waals surface area contributed by atoms with Crippen LogP contribution in [0, 0.1) is 17.8 Å². The summed E-state index contributed by atoms with van der Waals surface area (Å²) in [7, 11) is 0. The molecule has 4 heterocycles. The molecule has 6 atom stereocenters. The van der Waals surface area contributed by atoms with Gasteiger partial charge in [-0.1, -0.05) is 6.08 Å². The van der Waals surface area contributed by atoms with Crippen molar-refractivity contribution in [3.8, 4) is 0 Å². The van der Waals surface area contributed by atoms with E-state index in [9.17, 15) is 0 Å². The van der Waals surface area contributed by atoms with Gasteiger partial charge in [0.05, 0.1) is 0 Å². The summed E-state index contributed by atoms with van der Waals surface area (Å²) >= 11 is 0. The molecule has 0 radical (unpaired) electrons. The molecule has 0 aromatic carbocycles. The van der Waals surface area contributed by atoms with Crippen molar-refractivity contribution in [2.45, 2.75) is 31.0 Å². The average molecular weight is 303 g/mol. The number of likely N-dealkylation sites (tertiary alicyclic amines) is 1. The van der Waals surface area contributed by atoms with Crippen molar-refractivity contribution in [2.24, 2.45) is 17.8 Å². The summed E-state index contributed by atoms with van der Waals surface area (Å²) in [5.74, 6) is 2.49. The van der Waals surface area contributed by atoms with E-state index in [1.54, 1.807) is 5.70 Å². The largest absolute Gasteiger partial charge is 0.371 e. The van der Waals surface area contributed by atoms with Gasteiger partial charge in [-0.3, -0.25) is 0 Å². The van der Waals surface area contributed by atoms with E-state index in [-0.39, 0.29) is 0 Å². The molecular formula is C17H29N5. The third-order valence-electron chi connectivity index (χ3n) is 6.62. The summed E-state index contributed by atoms with van der Waals surface area (Å²) in [5, 5.41) is 14.7. The fraction of sp³-hybridized carbons (Fsp3) is 0.882.